The van der Waals surface area contributed by atoms with Gasteiger partial charge in [-0.3, -0.25) is 9.59 Å². The third-order valence-electron chi connectivity index (χ3n) is 2.45. The number of ether oxygens (including phenoxy) is 2. The van der Waals surface area contributed by atoms with Crippen molar-refractivity contribution < 1.29 is 19.1 Å². The molecule has 0 aliphatic rings. The van der Waals surface area contributed by atoms with E-state index in [1.807, 2.05) is 11.4 Å². The van der Waals surface area contributed by atoms with Crippen LogP contribution in [-0.2, 0) is 25.5 Å². The highest BCUT2D eigenvalue weighted by Crippen LogP contribution is 2.29. The van der Waals surface area contributed by atoms with E-state index in [-0.39, 0.29) is 13.2 Å². The highest BCUT2D eigenvalue weighted by molar-refractivity contribution is 7.10. The first-order valence-electron chi connectivity index (χ1n) is 6.16. The molecule has 1 rings (SSSR count). The number of hydrogen-bond donors (Lipinski definition) is 0. The van der Waals surface area contributed by atoms with E-state index in [2.05, 4.69) is 6.58 Å². The standard InChI is InChI=1S/C14H18O4S/c1-4-7-10-8-9-19-12(10)11(13(15)17-5-2)14(16)18-6-3/h4,8-9,11H,1,5-7H2,2-3H3. The summed E-state index contributed by atoms with van der Waals surface area (Å²) >= 11 is 1.36. The van der Waals surface area contributed by atoms with Gasteiger partial charge in [-0.15, -0.1) is 17.9 Å². The number of hydrogen-bond acceptors (Lipinski definition) is 5. The topological polar surface area (TPSA) is 52.6 Å². The van der Waals surface area contributed by atoms with E-state index in [0.29, 0.717) is 11.3 Å². The predicted octanol–water partition coefficient (Wildman–Crippen LogP) is 2.69. The van der Waals surface area contributed by atoms with Crippen molar-refractivity contribution >= 4 is 23.3 Å². The van der Waals surface area contributed by atoms with Gasteiger partial charge in [0.1, 0.15) is 0 Å². The van der Waals surface area contributed by atoms with Gasteiger partial charge >= 0.3 is 11.9 Å². The van der Waals surface area contributed by atoms with Gasteiger partial charge in [-0.2, -0.15) is 0 Å². The minimum absolute atomic E-state index is 0.233. The fraction of sp³-hybridized carbons (Fsp3) is 0.429. The molecule has 0 spiro atoms. The normalized spacial score (nSPS) is 10.3. The number of thiophene rings is 1. The molecule has 104 valence electrons. The number of carbonyl (C=O) groups is 2. The average molecular weight is 282 g/mol. The van der Waals surface area contributed by atoms with Crippen LogP contribution in [0.2, 0.25) is 0 Å². The highest BCUT2D eigenvalue weighted by Gasteiger charge is 2.34. The van der Waals surface area contributed by atoms with Crippen LogP contribution in [0.1, 0.15) is 30.2 Å². The molecule has 0 aliphatic carbocycles. The summed E-state index contributed by atoms with van der Waals surface area (Å²) < 4.78 is 9.94. The van der Waals surface area contributed by atoms with Crippen LogP contribution in [-0.4, -0.2) is 25.2 Å². The van der Waals surface area contributed by atoms with Gasteiger partial charge in [-0.05, 0) is 37.3 Å². The summed E-state index contributed by atoms with van der Waals surface area (Å²) in [7, 11) is 0. The van der Waals surface area contributed by atoms with Crippen LogP contribution in [0.4, 0.5) is 0 Å². The van der Waals surface area contributed by atoms with Gasteiger partial charge in [-0.25, -0.2) is 0 Å². The Hall–Kier alpha value is -1.62. The maximum absolute atomic E-state index is 12.0. The van der Waals surface area contributed by atoms with Crippen molar-refractivity contribution in [2.24, 2.45) is 0 Å². The van der Waals surface area contributed by atoms with Gasteiger partial charge in [0.2, 0.25) is 0 Å². The zero-order valence-electron chi connectivity index (χ0n) is 11.2. The van der Waals surface area contributed by atoms with E-state index in [9.17, 15) is 9.59 Å². The molecule has 0 aliphatic heterocycles. The Balaban J connectivity index is 3.07. The molecule has 0 saturated heterocycles. The van der Waals surface area contributed by atoms with E-state index < -0.39 is 17.9 Å². The number of carbonyl (C=O) groups excluding carboxylic acids is 2. The lowest BCUT2D eigenvalue weighted by Crippen LogP contribution is -2.26. The van der Waals surface area contributed by atoms with Crippen molar-refractivity contribution in [3.63, 3.8) is 0 Å². The van der Waals surface area contributed by atoms with Crippen LogP contribution >= 0.6 is 11.3 Å². The number of esters is 2. The molecule has 19 heavy (non-hydrogen) atoms. The fourth-order valence-corrected chi connectivity index (χ4v) is 2.70. The summed E-state index contributed by atoms with van der Waals surface area (Å²) in [5.41, 5.74) is 0.908. The first-order valence-corrected chi connectivity index (χ1v) is 7.04. The summed E-state index contributed by atoms with van der Waals surface area (Å²) in [6.45, 7) is 7.55. The summed E-state index contributed by atoms with van der Waals surface area (Å²) in [6.07, 6.45) is 2.34. The Kier molecular flexibility index (Phi) is 6.29. The average Bonchev–Trinajstić information content (AvgIpc) is 2.79. The van der Waals surface area contributed by atoms with E-state index >= 15 is 0 Å². The van der Waals surface area contributed by atoms with Crippen LogP contribution in [0.25, 0.3) is 0 Å². The summed E-state index contributed by atoms with van der Waals surface area (Å²) in [6, 6.07) is 1.88. The number of rotatable bonds is 7. The Morgan fingerprint density at radius 1 is 1.32 bits per heavy atom. The third kappa shape index (κ3) is 3.92. The second-order valence-electron chi connectivity index (χ2n) is 3.74. The van der Waals surface area contributed by atoms with E-state index in [1.165, 1.54) is 11.3 Å². The lowest BCUT2D eigenvalue weighted by Gasteiger charge is -2.14. The SMILES string of the molecule is C=CCc1ccsc1C(C(=O)OCC)C(=O)OCC. The van der Waals surface area contributed by atoms with Crippen molar-refractivity contribution in [3.05, 3.63) is 34.5 Å². The Labute approximate surface area is 117 Å². The molecule has 1 aromatic heterocycles. The van der Waals surface area contributed by atoms with Crippen molar-refractivity contribution in [1.29, 1.82) is 0 Å². The van der Waals surface area contributed by atoms with Crippen molar-refractivity contribution in [1.82, 2.24) is 0 Å². The molecule has 0 radical (unpaired) electrons. The molecule has 0 atom stereocenters. The molecular formula is C14H18O4S. The van der Waals surface area contributed by atoms with E-state index in [0.717, 1.165) is 5.56 Å². The van der Waals surface area contributed by atoms with Crippen molar-refractivity contribution in [2.45, 2.75) is 26.2 Å². The molecule has 0 aromatic carbocycles. The predicted molar refractivity (Wildman–Crippen MR) is 74.2 cm³/mol. The van der Waals surface area contributed by atoms with E-state index in [4.69, 9.17) is 9.47 Å². The summed E-state index contributed by atoms with van der Waals surface area (Å²) in [5, 5.41) is 1.85. The van der Waals surface area contributed by atoms with Gasteiger partial charge in [0.15, 0.2) is 5.92 Å². The lowest BCUT2D eigenvalue weighted by molar-refractivity contribution is -0.156. The fourth-order valence-electron chi connectivity index (χ4n) is 1.69. The number of allylic oxidation sites excluding steroid dienone is 1. The van der Waals surface area contributed by atoms with Crippen molar-refractivity contribution in [3.8, 4) is 0 Å². The Morgan fingerprint density at radius 2 is 1.89 bits per heavy atom. The zero-order valence-corrected chi connectivity index (χ0v) is 12.0. The maximum atomic E-state index is 12.0. The quantitative estimate of drug-likeness (QED) is 0.438. The zero-order chi connectivity index (χ0) is 14.3. The lowest BCUT2D eigenvalue weighted by atomic mass is 10.0. The second kappa shape index (κ2) is 7.74. The first-order chi connectivity index (χ1) is 9.15. The van der Waals surface area contributed by atoms with E-state index in [1.54, 1.807) is 19.9 Å². The molecule has 0 unspecified atom stereocenters. The molecule has 0 bridgehead atoms. The molecular weight excluding hydrogens is 264 g/mol. The molecule has 0 fully saturated rings. The first kappa shape index (κ1) is 15.4. The van der Waals surface area contributed by atoms with Crippen LogP contribution in [0.5, 0.6) is 0 Å². The van der Waals surface area contributed by atoms with Crippen LogP contribution in [0.15, 0.2) is 24.1 Å². The molecule has 0 N–H and O–H groups in total. The van der Waals surface area contributed by atoms with Gasteiger partial charge in [0.25, 0.3) is 0 Å². The second-order valence-corrected chi connectivity index (χ2v) is 4.69. The van der Waals surface area contributed by atoms with Crippen LogP contribution in [0, 0.1) is 0 Å². The maximum Gasteiger partial charge on any atom is 0.325 e. The van der Waals surface area contributed by atoms with Crippen LogP contribution < -0.4 is 0 Å². The van der Waals surface area contributed by atoms with Gasteiger partial charge in [0.05, 0.1) is 13.2 Å². The Morgan fingerprint density at radius 3 is 2.37 bits per heavy atom. The largest absolute Gasteiger partial charge is 0.465 e. The Bertz CT molecular complexity index is 432. The molecule has 0 saturated carbocycles. The monoisotopic (exact) mass is 282 g/mol. The minimum Gasteiger partial charge on any atom is -0.465 e. The van der Waals surface area contributed by atoms with Gasteiger partial charge in [0, 0.05) is 4.88 Å². The smallest absolute Gasteiger partial charge is 0.325 e. The molecule has 1 heterocycles. The molecule has 0 amide bonds. The molecule has 4 nitrogen and oxygen atoms in total. The van der Waals surface area contributed by atoms with Gasteiger partial charge < -0.3 is 9.47 Å². The van der Waals surface area contributed by atoms with Crippen LogP contribution in [0.3, 0.4) is 0 Å². The molecule has 1 aromatic rings. The third-order valence-corrected chi connectivity index (χ3v) is 3.48. The summed E-state index contributed by atoms with van der Waals surface area (Å²) in [5.74, 6) is -2.11. The minimum atomic E-state index is -0.991. The van der Waals surface area contributed by atoms with Gasteiger partial charge in [-0.1, -0.05) is 6.08 Å². The molecule has 5 heteroatoms. The van der Waals surface area contributed by atoms with Crippen molar-refractivity contribution in [2.75, 3.05) is 13.2 Å². The highest BCUT2D eigenvalue weighted by atomic mass is 32.1. The summed E-state index contributed by atoms with van der Waals surface area (Å²) in [4.78, 5) is 24.6.